The summed E-state index contributed by atoms with van der Waals surface area (Å²) >= 11 is 6.27. The monoisotopic (exact) mass is 576 g/mol. The molecule has 200 valence electrons. The van der Waals surface area contributed by atoms with E-state index in [4.69, 9.17) is 22.9 Å². The fraction of sp³-hybridized carbons (Fsp3) is 0.320. The molecule has 10 nitrogen and oxygen atoms in total. The minimum atomic E-state index is -0.855. The first-order valence-corrected chi connectivity index (χ1v) is 11.9. The van der Waals surface area contributed by atoms with Crippen molar-refractivity contribution in [3.63, 3.8) is 0 Å². The molecule has 1 aliphatic heterocycles. The van der Waals surface area contributed by atoms with Crippen molar-refractivity contribution in [1.29, 1.82) is 0 Å². The van der Waals surface area contributed by atoms with Crippen molar-refractivity contribution in [3.05, 3.63) is 71.1 Å². The Morgan fingerprint density at radius 3 is 2.58 bits per heavy atom. The van der Waals surface area contributed by atoms with Crippen LogP contribution in [0, 0.1) is 6.57 Å². The molecule has 1 saturated heterocycles. The molecule has 4 aromatic rings. The molecule has 0 radical (unpaired) electrons. The van der Waals surface area contributed by atoms with Crippen LogP contribution in [-0.4, -0.2) is 55.9 Å². The van der Waals surface area contributed by atoms with E-state index in [-0.39, 0.29) is 24.8 Å². The average Bonchev–Trinajstić information content (AvgIpc) is 3.40. The summed E-state index contributed by atoms with van der Waals surface area (Å²) in [4.78, 5) is 9.68. The topological polar surface area (TPSA) is 106 Å². The van der Waals surface area contributed by atoms with Gasteiger partial charge in [0.05, 0.1) is 30.9 Å². The maximum absolute atomic E-state index is 11.1. The molecule has 0 spiro atoms. The largest absolute Gasteiger partial charge is 0.495 e. The molecular formula is C25H27Cl3N8O2. The molecule has 2 N–H and O–H groups in total. The molecular weight excluding hydrogens is 551 g/mol. The Balaban J connectivity index is 0.00000200. The lowest BCUT2D eigenvalue weighted by atomic mass is 9.91. The number of anilines is 2. The molecule has 0 bridgehead atoms. The van der Waals surface area contributed by atoms with Crippen molar-refractivity contribution in [2.24, 2.45) is 0 Å². The van der Waals surface area contributed by atoms with E-state index in [1.165, 1.54) is 6.33 Å². The summed E-state index contributed by atoms with van der Waals surface area (Å²) in [6.45, 7) is 9.58. The number of fused-ring (bicyclic) bond motifs is 1. The molecule has 0 aliphatic carbocycles. The SMILES string of the molecule is Cl.Cl.[C-]#[N+]c1ccc2c(N3CCC(O)(Cn4cncn4)CC3)nnc(NCc3ccc(OC)c(Cl)c3)c2c1. The Labute approximate surface area is 237 Å². The fourth-order valence-corrected chi connectivity index (χ4v) is 4.76. The minimum absolute atomic E-state index is 0. The molecule has 5 rings (SSSR count). The molecule has 0 saturated carbocycles. The van der Waals surface area contributed by atoms with Gasteiger partial charge in [-0.15, -0.1) is 35.0 Å². The summed E-state index contributed by atoms with van der Waals surface area (Å²) in [7, 11) is 1.58. The maximum Gasteiger partial charge on any atom is 0.188 e. The smallest absolute Gasteiger partial charge is 0.188 e. The highest BCUT2D eigenvalue weighted by atomic mass is 35.5. The van der Waals surface area contributed by atoms with E-state index in [0.29, 0.717) is 61.3 Å². The number of nitrogens with one attached hydrogen (secondary N) is 1. The standard InChI is InChI=1S/C25H25ClN8O2.2ClH/c1-27-18-4-5-19-20(12-18)23(29-13-17-3-6-22(36-2)21(26)11-17)31-32-24(19)33-9-7-25(35,8-10-33)14-34-16-28-15-30-34;;/h3-6,11-12,15-16,35H,7-10,13-14H2,2H3,(H,29,31);2*1H. The highest BCUT2D eigenvalue weighted by molar-refractivity contribution is 6.32. The second-order valence-electron chi connectivity index (χ2n) is 8.84. The molecule has 3 heterocycles. The number of hydrogen-bond donors (Lipinski definition) is 2. The third-order valence-corrected chi connectivity index (χ3v) is 6.76. The highest BCUT2D eigenvalue weighted by Gasteiger charge is 2.34. The summed E-state index contributed by atoms with van der Waals surface area (Å²) < 4.78 is 6.89. The summed E-state index contributed by atoms with van der Waals surface area (Å²) in [5.41, 5.74) is 0.632. The first-order valence-electron chi connectivity index (χ1n) is 11.5. The molecule has 1 aliphatic rings. The zero-order chi connectivity index (χ0) is 25.1. The summed E-state index contributed by atoms with van der Waals surface area (Å²) in [5.74, 6) is 1.94. The first kappa shape index (κ1) is 29.2. The normalized spacial score (nSPS) is 14.2. The van der Waals surface area contributed by atoms with Gasteiger partial charge in [-0.1, -0.05) is 29.8 Å². The number of benzene rings is 2. The van der Waals surface area contributed by atoms with Crippen LogP contribution in [-0.2, 0) is 13.1 Å². The fourth-order valence-electron chi connectivity index (χ4n) is 4.48. The van der Waals surface area contributed by atoms with Crippen LogP contribution < -0.4 is 15.0 Å². The van der Waals surface area contributed by atoms with Crippen molar-refractivity contribution in [1.82, 2.24) is 25.0 Å². The minimum Gasteiger partial charge on any atom is -0.495 e. The summed E-state index contributed by atoms with van der Waals surface area (Å²) in [5, 5.41) is 29.8. The van der Waals surface area contributed by atoms with E-state index in [1.54, 1.807) is 24.2 Å². The van der Waals surface area contributed by atoms with Crippen molar-refractivity contribution in [2.75, 3.05) is 30.4 Å². The molecule has 2 aromatic carbocycles. The second kappa shape index (κ2) is 12.5. The van der Waals surface area contributed by atoms with E-state index < -0.39 is 5.60 Å². The number of nitrogens with zero attached hydrogens (tertiary/aromatic N) is 7. The van der Waals surface area contributed by atoms with Crippen LogP contribution in [0.15, 0.2) is 49.1 Å². The number of aliphatic hydroxyl groups is 1. The Bertz CT molecular complexity index is 1420. The van der Waals surface area contributed by atoms with Crippen LogP contribution in [0.3, 0.4) is 0 Å². The van der Waals surface area contributed by atoms with Gasteiger partial charge in [0.2, 0.25) is 0 Å². The molecule has 38 heavy (non-hydrogen) atoms. The highest BCUT2D eigenvalue weighted by Crippen LogP contribution is 2.35. The van der Waals surface area contributed by atoms with Gasteiger partial charge in [-0.05, 0) is 36.6 Å². The third-order valence-electron chi connectivity index (χ3n) is 6.47. The zero-order valence-corrected chi connectivity index (χ0v) is 22.9. The number of ether oxygens (including phenoxy) is 1. The zero-order valence-electron chi connectivity index (χ0n) is 20.5. The first-order chi connectivity index (χ1) is 17.5. The summed E-state index contributed by atoms with van der Waals surface area (Å²) in [6, 6.07) is 11.1. The number of hydrogen-bond acceptors (Lipinski definition) is 8. The molecule has 13 heteroatoms. The van der Waals surface area contributed by atoms with Crippen LogP contribution in [0.4, 0.5) is 17.3 Å². The lowest BCUT2D eigenvalue weighted by Crippen LogP contribution is -2.47. The van der Waals surface area contributed by atoms with Crippen molar-refractivity contribution >= 4 is 64.5 Å². The van der Waals surface area contributed by atoms with Gasteiger partial charge in [0.15, 0.2) is 17.3 Å². The number of rotatable bonds is 7. The van der Waals surface area contributed by atoms with Crippen LogP contribution in [0.2, 0.25) is 5.02 Å². The molecule has 0 amide bonds. The van der Waals surface area contributed by atoms with Crippen molar-refractivity contribution < 1.29 is 9.84 Å². The van der Waals surface area contributed by atoms with Crippen LogP contribution in [0.1, 0.15) is 18.4 Å². The molecule has 0 atom stereocenters. The number of halogens is 3. The lowest BCUT2D eigenvalue weighted by Gasteiger charge is -2.38. The number of methoxy groups -OCH3 is 1. The van der Waals surface area contributed by atoms with E-state index in [1.807, 2.05) is 30.3 Å². The maximum atomic E-state index is 11.1. The van der Waals surface area contributed by atoms with Crippen LogP contribution in [0.5, 0.6) is 5.75 Å². The van der Waals surface area contributed by atoms with Crippen LogP contribution in [0.25, 0.3) is 15.6 Å². The lowest BCUT2D eigenvalue weighted by molar-refractivity contribution is -0.00319. The van der Waals surface area contributed by atoms with E-state index in [0.717, 1.165) is 22.2 Å². The van der Waals surface area contributed by atoms with Gasteiger partial charge >= 0.3 is 0 Å². The second-order valence-corrected chi connectivity index (χ2v) is 9.25. The van der Waals surface area contributed by atoms with Gasteiger partial charge in [0.25, 0.3) is 0 Å². The van der Waals surface area contributed by atoms with Gasteiger partial charge in [-0.25, -0.2) is 9.83 Å². The van der Waals surface area contributed by atoms with E-state index in [2.05, 4.69) is 35.3 Å². The Morgan fingerprint density at radius 2 is 1.92 bits per heavy atom. The Morgan fingerprint density at radius 1 is 1.13 bits per heavy atom. The Kier molecular flexibility index (Phi) is 9.57. The van der Waals surface area contributed by atoms with E-state index in [9.17, 15) is 5.11 Å². The van der Waals surface area contributed by atoms with Gasteiger partial charge in [0, 0.05) is 30.4 Å². The van der Waals surface area contributed by atoms with E-state index >= 15 is 0 Å². The van der Waals surface area contributed by atoms with Gasteiger partial charge < -0.3 is 20.1 Å². The molecule has 1 fully saturated rings. The predicted molar refractivity (Wildman–Crippen MR) is 152 cm³/mol. The number of aromatic nitrogens is 5. The Hall–Kier alpha value is -3.36. The number of piperidine rings is 1. The molecule has 0 unspecified atom stereocenters. The summed E-state index contributed by atoms with van der Waals surface area (Å²) in [6.07, 6.45) is 4.21. The van der Waals surface area contributed by atoms with Gasteiger partial charge in [-0.2, -0.15) is 5.10 Å². The quantitative estimate of drug-likeness (QED) is 0.298. The predicted octanol–water partition coefficient (Wildman–Crippen LogP) is 4.92. The average molecular weight is 578 g/mol. The van der Waals surface area contributed by atoms with Crippen molar-refractivity contribution in [2.45, 2.75) is 31.5 Å². The third kappa shape index (κ3) is 6.19. The van der Waals surface area contributed by atoms with Crippen molar-refractivity contribution in [3.8, 4) is 5.75 Å². The van der Waals surface area contributed by atoms with Gasteiger partial charge in [0.1, 0.15) is 18.4 Å². The molecule has 2 aromatic heterocycles. The van der Waals surface area contributed by atoms with Gasteiger partial charge in [-0.3, -0.25) is 4.68 Å². The van der Waals surface area contributed by atoms with Crippen LogP contribution >= 0.6 is 36.4 Å².